The van der Waals surface area contributed by atoms with Crippen LogP contribution in [0.25, 0.3) is 10.8 Å². The lowest BCUT2D eigenvalue weighted by molar-refractivity contribution is 0.0952. The Morgan fingerprint density at radius 3 is 2.33 bits per heavy atom. The number of halogens is 1. The number of amides is 1. The van der Waals surface area contributed by atoms with Gasteiger partial charge in [0.25, 0.3) is 5.91 Å². The van der Waals surface area contributed by atoms with Gasteiger partial charge in [0.2, 0.25) is 0 Å². The second-order valence-electron chi connectivity index (χ2n) is 8.13. The molecule has 0 bridgehead atoms. The number of hydrogen-bond acceptors (Lipinski definition) is 5. The van der Waals surface area contributed by atoms with Crippen LogP contribution in [0.3, 0.4) is 0 Å². The lowest BCUT2D eigenvalue weighted by Gasteiger charge is -2.14. The quantitative estimate of drug-likeness (QED) is 0.188. The van der Waals surface area contributed by atoms with Crippen LogP contribution in [0.4, 0.5) is 0 Å². The third kappa shape index (κ3) is 6.04. The summed E-state index contributed by atoms with van der Waals surface area (Å²) in [5, 5.41) is 6.09. The molecule has 1 amide bonds. The number of carbonyl (C=O) groups is 1. The van der Waals surface area contributed by atoms with Gasteiger partial charge in [0.15, 0.2) is 11.5 Å². The highest BCUT2D eigenvalue weighted by Crippen LogP contribution is 2.34. The summed E-state index contributed by atoms with van der Waals surface area (Å²) in [6, 6.07) is 23.3. The van der Waals surface area contributed by atoms with Gasteiger partial charge in [-0.2, -0.15) is 5.10 Å². The van der Waals surface area contributed by atoms with Gasteiger partial charge in [-0.15, -0.1) is 0 Å². The largest absolute Gasteiger partial charge is 0.496 e. The van der Waals surface area contributed by atoms with Gasteiger partial charge in [-0.1, -0.05) is 54.1 Å². The van der Waals surface area contributed by atoms with Crippen molar-refractivity contribution in [3.8, 4) is 17.2 Å². The Morgan fingerprint density at radius 2 is 1.64 bits per heavy atom. The van der Waals surface area contributed by atoms with E-state index in [2.05, 4.69) is 45.5 Å². The molecular weight excluding hydrogens is 520 g/mol. The normalized spacial score (nSPS) is 11.0. The Labute approximate surface area is 219 Å². The van der Waals surface area contributed by atoms with E-state index >= 15 is 0 Å². The maximum atomic E-state index is 12.8. The number of fused-ring (bicyclic) bond motifs is 1. The lowest BCUT2D eigenvalue weighted by Crippen LogP contribution is -2.18. The number of carbonyl (C=O) groups excluding carboxylic acids is 1. The van der Waals surface area contributed by atoms with E-state index in [1.807, 2.05) is 61.5 Å². The summed E-state index contributed by atoms with van der Waals surface area (Å²) < 4.78 is 18.0. The van der Waals surface area contributed by atoms with Crippen molar-refractivity contribution < 1.29 is 19.0 Å². The van der Waals surface area contributed by atoms with Gasteiger partial charge >= 0.3 is 0 Å². The van der Waals surface area contributed by atoms with Crippen molar-refractivity contribution in [1.82, 2.24) is 5.43 Å². The smallest absolute Gasteiger partial charge is 0.275 e. The number of hydrazone groups is 1. The highest BCUT2D eigenvalue weighted by Gasteiger charge is 2.14. The molecular formula is C29H27BrN2O4. The summed E-state index contributed by atoms with van der Waals surface area (Å²) in [6.07, 6.45) is 1.56. The number of ether oxygens (including phenoxy) is 3. The Hall–Kier alpha value is -3.84. The fraction of sp³-hybridized carbons (Fsp3) is 0.172. The van der Waals surface area contributed by atoms with Crippen molar-refractivity contribution in [3.63, 3.8) is 0 Å². The molecule has 0 aliphatic heterocycles. The number of methoxy groups -OCH3 is 1. The van der Waals surface area contributed by atoms with Gasteiger partial charge in [-0.3, -0.25) is 4.79 Å². The number of hydrogen-bond donors (Lipinski definition) is 1. The molecule has 0 aliphatic rings. The van der Waals surface area contributed by atoms with E-state index in [4.69, 9.17) is 14.2 Å². The van der Waals surface area contributed by atoms with Gasteiger partial charge in [0, 0.05) is 10.0 Å². The number of nitrogens with zero attached hydrogens (tertiary/aromatic N) is 1. The van der Waals surface area contributed by atoms with E-state index in [-0.39, 0.29) is 5.91 Å². The topological polar surface area (TPSA) is 69.2 Å². The first-order chi connectivity index (χ1) is 17.5. The van der Waals surface area contributed by atoms with E-state index in [0.29, 0.717) is 36.0 Å². The van der Waals surface area contributed by atoms with Gasteiger partial charge in [-0.25, -0.2) is 5.43 Å². The second kappa shape index (κ2) is 11.7. The highest BCUT2D eigenvalue weighted by molar-refractivity contribution is 9.10. The number of aryl methyl sites for hydroxylation is 1. The van der Waals surface area contributed by atoms with Crippen LogP contribution >= 0.6 is 15.9 Å². The minimum Gasteiger partial charge on any atom is -0.496 e. The molecule has 0 spiro atoms. The van der Waals surface area contributed by atoms with Crippen molar-refractivity contribution in [2.45, 2.75) is 20.5 Å². The van der Waals surface area contributed by atoms with Crippen molar-refractivity contribution in [3.05, 3.63) is 99.5 Å². The summed E-state index contributed by atoms with van der Waals surface area (Å²) in [5.41, 5.74) is 5.99. The van der Waals surface area contributed by atoms with Crippen LogP contribution < -0.4 is 19.6 Å². The summed E-state index contributed by atoms with van der Waals surface area (Å²) in [6.45, 7) is 4.87. The van der Waals surface area contributed by atoms with Gasteiger partial charge < -0.3 is 14.2 Å². The maximum Gasteiger partial charge on any atom is 0.275 e. The highest BCUT2D eigenvalue weighted by atomic mass is 79.9. The molecule has 4 aromatic carbocycles. The van der Waals surface area contributed by atoms with Crippen LogP contribution in [0.5, 0.6) is 17.2 Å². The molecule has 4 aromatic rings. The molecule has 7 heteroatoms. The molecule has 36 heavy (non-hydrogen) atoms. The third-order valence-electron chi connectivity index (χ3n) is 5.56. The SMILES string of the molecule is CCOc1cc(/C=N\NC(=O)c2cc3ccccc3cc2OC)c(Br)cc1OCc1ccc(C)cc1. The molecule has 0 fully saturated rings. The molecule has 0 unspecified atom stereocenters. The van der Waals surface area contributed by atoms with Crippen molar-refractivity contribution in [2.24, 2.45) is 5.10 Å². The predicted octanol–water partition coefficient (Wildman–Crippen LogP) is 6.66. The molecule has 1 N–H and O–H groups in total. The minimum atomic E-state index is -0.368. The fourth-order valence-corrected chi connectivity index (χ4v) is 4.09. The van der Waals surface area contributed by atoms with E-state index in [1.54, 1.807) is 19.4 Å². The van der Waals surface area contributed by atoms with Crippen LogP contribution in [0, 0.1) is 6.92 Å². The number of benzene rings is 4. The molecule has 0 aliphatic carbocycles. The molecule has 0 radical (unpaired) electrons. The Kier molecular flexibility index (Phi) is 8.23. The van der Waals surface area contributed by atoms with Crippen molar-refractivity contribution in [1.29, 1.82) is 0 Å². The minimum absolute atomic E-state index is 0.368. The summed E-state index contributed by atoms with van der Waals surface area (Å²) in [5.74, 6) is 1.33. The van der Waals surface area contributed by atoms with E-state index < -0.39 is 0 Å². The molecule has 0 atom stereocenters. The van der Waals surface area contributed by atoms with Gasteiger partial charge in [0.1, 0.15) is 12.4 Å². The van der Waals surface area contributed by atoms with Gasteiger partial charge in [0.05, 0.1) is 25.5 Å². The van der Waals surface area contributed by atoms with Crippen molar-refractivity contribution in [2.75, 3.05) is 13.7 Å². The first-order valence-corrected chi connectivity index (χ1v) is 12.3. The van der Waals surface area contributed by atoms with Crippen LogP contribution in [-0.4, -0.2) is 25.8 Å². The summed E-state index contributed by atoms with van der Waals surface area (Å²) in [7, 11) is 1.54. The Balaban J connectivity index is 1.50. The lowest BCUT2D eigenvalue weighted by atomic mass is 10.1. The molecule has 0 heterocycles. The third-order valence-corrected chi connectivity index (χ3v) is 6.25. The number of rotatable bonds is 9. The fourth-order valence-electron chi connectivity index (χ4n) is 3.66. The molecule has 6 nitrogen and oxygen atoms in total. The van der Waals surface area contributed by atoms with E-state index in [9.17, 15) is 4.79 Å². The standard InChI is InChI=1S/C29H27BrN2O4/c1-4-35-27-15-23(25(30)16-28(27)36-18-20-11-9-19(2)10-12-20)17-31-32-29(33)24-13-21-7-5-6-8-22(21)14-26(24)34-3/h5-17H,4,18H2,1-3H3,(H,32,33)/b31-17-. The molecule has 4 rings (SSSR count). The second-order valence-corrected chi connectivity index (χ2v) is 8.98. The predicted molar refractivity (Wildman–Crippen MR) is 146 cm³/mol. The van der Waals surface area contributed by atoms with Crippen LogP contribution in [-0.2, 0) is 6.61 Å². The first kappa shape index (κ1) is 25.3. The zero-order valence-electron chi connectivity index (χ0n) is 20.4. The van der Waals surface area contributed by atoms with Crippen LogP contribution in [0.15, 0.2) is 82.4 Å². The molecule has 184 valence electrons. The molecule has 0 aromatic heterocycles. The van der Waals surface area contributed by atoms with E-state index in [0.717, 1.165) is 26.4 Å². The average Bonchev–Trinajstić information content (AvgIpc) is 2.89. The maximum absolute atomic E-state index is 12.8. The van der Waals surface area contributed by atoms with Crippen molar-refractivity contribution >= 4 is 38.8 Å². The van der Waals surface area contributed by atoms with Crippen LogP contribution in [0.2, 0.25) is 0 Å². The molecule has 0 saturated carbocycles. The first-order valence-electron chi connectivity index (χ1n) is 11.5. The Bertz CT molecular complexity index is 1400. The van der Waals surface area contributed by atoms with Crippen LogP contribution in [0.1, 0.15) is 34.0 Å². The number of nitrogens with one attached hydrogen (secondary N) is 1. The average molecular weight is 547 g/mol. The molecule has 0 saturated heterocycles. The Morgan fingerprint density at radius 1 is 0.944 bits per heavy atom. The van der Waals surface area contributed by atoms with E-state index in [1.165, 1.54) is 5.56 Å². The summed E-state index contributed by atoms with van der Waals surface area (Å²) >= 11 is 3.57. The summed E-state index contributed by atoms with van der Waals surface area (Å²) in [4.78, 5) is 12.8. The van der Waals surface area contributed by atoms with Gasteiger partial charge in [-0.05, 0) is 70.4 Å². The zero-order chi connectivity index (χ0) is 25.5. The zero-order valence-corrected chi connectivity index (χ0v) is 22.0. The monoisotopic (exact) mass is 546 g/mol.